The van der Waals surface area contributed by atoms with E-state index in [0.717, 1.165) is 0 Å². The van der Waals surface area contributed by atoms with E-state index in [1.807, 2.05) is 0 Å². The molecule has 2 heteroatoms. The largest absolute Gasteiger partial charge is 0.376 e. The lowest BCUT2D eigenvalue weighted by atomic mass is 10.2. The van der Waals surface area contributed by atoms with Crippen molar-refractivity contribution < 1.29 is 0 Å². The van der Waals surface area contributed by atoms with Crippen LogP contribution < -0.4 is 0 Å². The van der Waals surface area contributed by atoms with Crippen molar-refractivity contribution in [3.05, 3.63) is 12.4 Å². The molecule has 0 aliphatic heterocycles. The number of rotatable bonds is 14. The minimum Gasteiger partial charge on any atom is -0.376 e. The summed E-state index contributed by atoms with van der Waals surface area (Å²) in [5.41, 5.74) is 0. The Morgan fingerprint density at radius 2 is 0.750 bits per heavy atom. The summed E-state index contributed by atoms with van der Waals surface area (Å²) >= 11 is 0. The summed E-state index contributed by atoms with van der Waals surface area (Å²) in [5.74, 6) is 0. The van der Waals surface area contributed by atoms with Crippen molar-refractivity contribution in [2.45, 2.75) is 79.1 Å². The van der Waals surface area contributed by atoms with Gasteiger partial charge >= 0.3 is 0 Å². The first-order chi connectivity index (χ1) is 9.78. The molecule has 0 fully saturated rings. The van der Waals surface area contributed by atoms with Gasteiger partial charge in [-0.15, -0.1) is 0 Å². The van der Waals surface area contributed by atoms with Gasteiger partial charge in [0.1, 0.15) is 0 Å². The van der Waals surface area contributed by atoms with Gasteiger partial charge in [-0.3, -0.25) is 0 Å². The first-order valence-corrected chi connectivity index (χ1v) is 8.94. The highest BCUT2D eigenvalue weighted by atomic mass is 15.1. The zero-order valence-electron chi connectivity index (χ0n) is 14.5. The van der Waals surface area contributed by atoms with Crippen LogP contribution in [-0.2, 0) is 0 Å². The molecule has 0 aromatic heterocycles. The van der Waals surface area contributed by atoms with Crippen molar-refractivity contribution in [3.8, 4) is 0 Å². The Labute approximate surface area is 128 Å². The Morgan fingerprint density at radius 3 is 0.950 bits per heavy atom. The van der Waals surface area contributed by atoms with Crippen LogP contribution in [0.1, 0.15) is 79.1 Å². The Balaban J connectivity index is 4.30. The summed E-state index contributed by atoms with van der Waals surface area (Å²) in [5, 5.41) is 0. The maximum Gasteiger partial charge on any atom is 0.0172 e. The highest BCUT2D eigenvalue weighted by molar-refractivity contribution is 4.83. The van der Waals surface area contributed by atoms with Gasteiger partial charge in [0.2, 0.25) is 0 Å². The van der Waals surface area contributed by atoms with Crippen LogP contribution in [0.5, 0.6) is 0 Å². The normalized spacial score (nSPS) is 11.2. The number of hydrogen-bond acceptors (Lipinski definition) is 2. The lowest BCUT2D eigenvalue weighted by Gasteiger charge is -2.24. The molecule has 0 amide bonds. The predicted octanol–water partition coefficient (Wildman–Crippen LogP) is 5.26. The minimum absolute atomic E-state index is 1.21. The molecule has 0 aliphatic rings. The van der Waals surface area contributed by atoms with Crippen LogP contribution in [0.15, 0.2) is 12.4 Å². The SMILES string of the molecule is CCCCN(C=CN(CCCC)CCCC)CCCC. The third-order valence-corrected chi connectivity index (χ3v) is 3.68. The lowest BCUT2D eigenvalue weighted by Crippen LogP contribution is -2.24. The molecule has 0 bridgehead atoms. The zero-order chi connectivity index (χ0) is 15.1. The number of hydrogen-bond donors (Lipinski definition) is 0. The van der Waals surface area contributed by atoms with Gasteiger partial charge in [-0.25, -0.2) is 0 Å². The van der Waals surface area contributed by atoms with Crippen LogP contribution >= 0.6 is 0 Å². The highest BCUT2D eigenvalue weighted by Gasteiger charge is 2.01. The zero-order valence-corrected chi connectivity index (χ0v) is 14.5. The van der Waals surface area contributed by atoms with Crippen molar-refractivity contribution in [1.82, 2.24) is 9.80 Å². The summed E-state index contributed by atoms with van der Waals surface area (Å²) in [6.07, 6.45) is 15.0. The van der Waals surface area contributed by atoms with Gasteiger partial charge in [0, 0.05) is 38.6 Å². The van der Waals surface area contributed by atoms with Crippen molar-refractivity contribution in [2.75, 3.05) is 26.2 Å². The van der Waals surface area contributed by atoms with Crippen molar-refractivity contribution in [3.63, 3.8) is 0 Å². The third kappa shape index (κ3) is 11.2. The molecule has 2 nitrogen and oxygen atoms in total. The van der Waals surface area contributed by atoms with Crippen LogP contribution in [0, 0.1) is 0 Å². The first kappa shape index (κ1) is 19.3. The Kier molecular flexibility index (Phi) is 14.3. The van der Waals surface area contributed by atoms with Gasteiger partial charge in [-0.05, 0) is 25.7 Å². The van der Waals surface area contributed by atoms with Crippen LogP contribution in [-0.4, -0.2) is 36.0 Å². The van der Waals surface area contributed by atoms with E-state index in [1.54, 1.807) is 0 Å². The average Bonchev–Trinajstić information content (AvgIpc) is 2.48. The lowest BCUT2D eigenvalue weighted by molar-refractivity contribution is 0.326. The molecule has 20 heavy (non-hydrogen) atoms. The molecule has 0 aromatic rings. The van der Waals surface area contributed by atoms with Crippen LogP contribution in [0.3, 0.4) is 0 Å². The van der Waals surface area contributed by atoms with E-state index in [4.69, 9.17) is 0 Å². The minimum atomic E-state index is 1.21. The maximum absolute atomic E-state index is 2.51. The van der Waals surface area contributed by atoms with Gasteiger partial charge < -0.3 is 9.80 Å². The average molecular weight is 283 g/mol. The summed E-state index contributed by atoms with van der Waals surface area (Å²) in [7, 11) is 0. The van der Waals surface area contributed by atoms with Gasteiger partial charge in [0.15, 0.2) is 0 Å². The molecule has 0 spiro atoms. The summed E-state index contributed by atoms with van der Waals surface area (Å²) in [4.78, 5) is 5.02. The third-order valence-electron chi connectivity index (χ3n) is 3.68. The second-order valence-electron chi connectivity index (χ2n) is 5.78. The van der Waals surface area contributed by atoms with E-state index < -0.39 is 0 Å². The summed E-state index contributed by atoms with van der Waals surface area (Å²) in [6, 6.07) is 0. The van der Waals surface area contributed by atoms with E-state index >= 15 is 0 Å². The molecule has 0 saturated carbocycles. The molecule has 0 saturated heterocycles. The van der Waals surface area contributed by atoms with E-state index in [9.17, 15) is 0 Å². The smallest absolute Gasteiger partial charge is 0.0172 e. The fourth-order valence-corrected chi connectivity index (χ4v) is 2.16. The van der Waals surface area contributed by atoms with Gasteiger partial charge in [-0.2, -0.15) is 0 Å². The summed E-state index contributed by atoms with van der Waals surface area (Å²) in [6.45, 7) is 13.9. The molecule has 0 unspecified atom stereocenters. The second-order valence-corrected chi connectivity index (χ2v) is 5.78. The molecule has 0 N–H and O–H groups in total. The fraction of sp³-hybridized carbons (Fsp3) is 0.889. The fourth-order valence-electron chi connectivity index (χ4n) is 2.16. The molecule has 0 rings (SSSR count). The standard InChI is InChI=1S/C18H38N2/c1-5-9-13-19(14-10-6-2)17-18-20(15-11-7-3)16-12-8-4/h17-18H,5-16H2,1-4H3. The molecule has 0 aliphatic carbocycles. The Bertz CT molecular complexity index is 175. The van der Waals surface area contributed by atoms with Gasteiger partial charge in [0.25, 0.3) is 0 Å². The van der Waals surface area contributed by atoms with Crippen molar-refractivity contribution in [1.29, 1.82) is 0 Å². The Morgan fingerprint density at radius 1 is 0.500 bits per heavy atom. The molecule has 0 atom stereocenters. The van der Waals surface area contributed by atoms with Crippen LogP contribution in [0.4, 0.5) is 0 Å². The summed E-state index contributed by atoms with van der Waals surface area (Å²) < 4.78 is 0. The quantitative estimate of drug-likeness (QED) is 0.428. The van der Waals surface area contributed by atoms with E-state index in [0.29, 0.717) is 0 Å². The first-order valence-electron chi connectivity index (χ1n) is 8.94. The highest BCUT2D eigenvalue weighted by Crippen LogP contribution is 2.04. The maximum atomic E-state index is 2.51. The second kappa shape index (κ2) is 14.7. The van der Waals surface area contributed by atoms with E-state index in [-0.39, 0.29) is 0 Å². The van der Waals surface area contributed by atoms with Crippen LogP contribution in [0.25, 0.3) is 0 Å². The predicted molar refractivity (Wildman–Crippen MR) is 91.9 cm³/mol. The molecule has 0 aromatic carbocycles. The number of nitrogens with zero attached hydrogens (tertiary/aromatic N) is 2. The van der Waals surface area contributed by atoms with E-state index in [1.165, 1.54) is 77.5 Å². The molecule has 0 radical (unpaired) electrons. The van der Waals surface area contributed by atoms with E-state index in [2.05, 4.69) is 49.9 Å². The van der Waals surface area contributed by atoms with Crippen molar-refractivity contribution in [2.24, 2.45) is 0 Å². The molecular weight excluding hydrogens is 244 g/mol. The Hall–Kier alpha value is -0.660. The number of unbranched alkanes of at least 4 members (excludes halogenated alkanes) is 4. The van der Waals surface area contributed by atoms with Gasteiger partial charge in [-0.1, -0.05) is 53.4 Å². The monoisotopic (exact) mass is 282 g/mol. The van der Waals surface area contributed by atoms with Crippen LogP contribution in [0.2, 0.25) is 0 Å². The van der Waals surface area contributed by atoms with Crippen molar-refractivity contribution >= 4 is 0 Å². The van der Waals surface area contributed by atoms with Gasteiger partial charge in [0.05, 0.1) is 0 Å². The molecular formula is C18H38N2. The molecule has 0 heterocycles. The topological polar surface area (TPSA) is 6.48 Å². The molecule has 120 valence electrons.